The molecule has 2 saturated carbocycles. The lowest BCUT2D eigenvalue weighted by atomic mass is 9.66. The topological polar surface area (TPSA) is 26.0 Å². The number of hydrogen-bond donors (Lipinski definition) is 1. The van der Waals surface area contributed by atoms with Crippen LogP contribution in [0.2, 0.25) is 0 Å². The second-order valence-electron chi connectivity index (χ2n) is 8.21. The van der Waals surface area contributed by atoms with Crippen molar-refractivity contribution in [3.05, 3.63) is 36.0 Å². The highest BCUT2D eigenvalue weighted by Gasteiger charge is 2.47. The number of allylic oxidation sites excluding steroid dienone is 5. The van der Waals surface area contributed by atoms with Crippen LogP contribution in [0, 0.1) is 23.2 Å². The summed E-state index contributed by atoms with van der Waals surface area (Å²) >= 11 is 0. The van der Waals surface area contributed by atoms with Crippen molar-refractivity contribution in [2.45, 2.75) is 71.1 Å². The van der Waals surface area contributed by atoms with Crippen LogP contribution in [-0.4, -0.2) is 6.54 Å². The van der Waals surface area contributed by atoms with Crippen molar-refractivity contribution in [1.29, 1.82) is 0 Å². The van der Waals surface area contributed by atoms with E-state index in [-0.39, 0.29) is 5.41 Å². The third-order valence-corrected chi connectivity index (χ3v) is 6.92. The second-order valence-corrected chi connectivity index (χ2v) is 8.21. The summed E-state index contributed by atoms with van der Waals surface area (Å²) in [5.74, 6) is 2.56. The van der Waals surface area contributed by atoms with E-state index in [1.807, 2.05) is 0 Å². The van der Waals surface area contributed by atoms with Crippen LogP contribution in [0.15, 0.2) is 36.0 Å². The summed E-state index contributed by atoms with van der Waals surface area (Å²) in [7, 11) is 0. The predicted octanol–water partition coefficient (Wildman–Crippen LogP) is 5.78. The van der Waals surface area contributed by atoms with Crippen molar-refractivity contribution in [3.63, 3.8) is 0 Å². The molecule has 1 nitrogen and oxygen atoms in total. The molecule has 3 rings (SSSR count). The minimum atomic E-state index is 0.281. The zero-order valence-corrected chi connectivity index (χ0v) is 15.0. The van der Waals surface area contributed by atoms with Crippen LogP contribution < -0.4 is 5.73 Å². The van der Waals surface area contributed by atoms with Crippen LogP contribution in [0.4, 0.5) is 0 Å². The second kappa shape index (κ2) is 7.38. The Hall–Kier alpha value is -0.820. The lowest BCUT2D eigenvalue weighted by molar-refractivity contribution is 0.358. The third-order valence-electron chi connectivity index (χ3n) is 6.92. The third kappa shape index (κ3) is 3.50. The van der Waals surface area contributed by atoms with Crippen LogP contribution >= 0.6 is 0 Å². The molecule has 0 aromatic rings. The highest BCUT2D eigenvalue weighted by Crippen LogP contribution is 2.56. The molecule has 3 unspecified atom stereocenters. The predicted molar refractivity (Wildman–Crippen MR) is 100 cm³/mol. The summed E-state index contributed by atoms with van der Waals surface area (Å²) in [6, 6.07) is 0. The van der Waals surface area contributed by atoms with Gasteiger partial charge in [0.1, 0.15) is 0 Å². The van der Waals surface area contributed by atoms with Gasteiger partial charge in [-0.2, -0.15) is 0 Å². The van der Waals surface area contributed by atoms with E-state index >= 15 is 0 Å². The largest absolute Gasteiger partial charge is 0.330 e. The lowest BCUT2D eigenvalue weighted by Gasteiger charge is -2.38. The quantitative estimate of drug-likeness (QED) is 0.488. The molecule has 0 heterocycles. The van der Waals surface area contributed by atoms with Crippen molar-refractivity contribution in [3.8, 4) is 0 Å². The highest BCUT2D eigenvalue weighted by atomic mass is 14.6. The molecule has 0 spiro atoms. The fourth-order valence-corrected chi connectivity index (χ4v) is 5.27. The Morgan fingerprint density at radius 3 is 2.52 bits per heavy atom. The van der Waals surface area contributed by atoms with Crippen molar-refractivity contribution in [1.82, 2.24) is 0 Å². The Kier molecular flexibility index (Phi) is 5.46. The van der Waals surface area contributed by atoms with Gasteiger partial charge in [0.2, 0.25) is 0 Å². The van der Waals surface area contributed by atoms with Gasteiger partial charge in [-0.05, 0) is 68.4 Å². The van der Waals surface area contributed by atoms with Crippen molar-refractivity contribution < 1.29 is 0 Å². The minimum Gasteiger partial charge on any atom is -0.330 e. The first kappa shape index (κ1) is 17.0. The highest BCUT2D eigenvalue weighted by molar-refractivity contribution is 5.38. The summed E-state index contributed by atoms with van der Waals surface area (Å²) in [5.41, 5.74) is 9.20. The molecule has 128 valence electrons. The van der Waals surface area contributed by atoms with Gasteiger partial charge in [-0.3, -0.25) is 0 Å². The lowest BCUT2D eigenvalue weighted by Crippen LogP contribution is -2.26. The van der Waals surface area contributed by atoms with Crippen LogP contribution in [0.1, 0.15) is 71.1 Å². The molecule has 3 aliphatic carbocycles. The summed E-state index contributed by atoms with van der Waals surface area (Å²) in [4.78, 5) is 0. The minimum absolute atomic E-state index is 0.281. The van der Waals surface area contributed by atoms with Gasteiger partial charge in [-0.25, -0.2) is 0 Å². The van der Waals surface area contributed by atoms with Gasteiger partial charge in [-0.1, -0.05) is 63.0 Å². The maximum Gasteiger partial charge on any atom is 0.0156 e. The fraction of sp³-hybridized carbons (Fsp3) is 0.727. The summed E-state index contributed by atoms with van der Waals surface area (Å²) in [5, 5.41) is 0. The molecule has 1 heteroatoms. The van der Waals surface area contributed by atoms with Crippen molar-refractivity contribution in [2.75, 3.05) is 6.54 Å². The van der Waals surface area contributed by atoms with Gasteiger partial charge < -0.3 is 5.73 Å². The Labute approximate surface area is 143 Å². The van der Waals surface area contributed by atoms with E-state index in [0.717, 1.165) is 24.3 Å². The normalized spacial score (nSPS) is 33.0. The van der Waals surface area contributed by atoms with Gasteiger partial charge in [0, 0.05) is 5.41 Å². The van der Waals surface area contributed by atoms with Crippen LogP contribution in [0.5, 0.6) is 0 Å². The average Bonchev–Trinajstić information content (AvgIpc) is 3.26. The average molecular weight is 314 g/mol. The van der Waals surface area contributed by atoms with Gasteiger partial charge >= 0.3 is 0 Å². The zero-order valence-electron chi connectivity index (χ0n) is 15.0. The first-order chi connectivity index (χ1) is 11.2. The number of rotatable bonds is 6. The molecule has 3 atom stereocenters. The summed E-state index contributed by atoms with van der Waals surface area (Å²) in [6.07, 6.45) is 20.4. The smallest absolute Gasteiger partial charge is 0.0156 e. The SMILES string of the molecule is C=C(CC1C(C)C1CCN)C1(C2=CCCC=C2)CCCCCC1. The molecule has 3 aliphatic rings. The van der Waals surface area contributed by atoms with E-state index < -0.39 is 0 Å². The fourth-order valence-electron chi connectivity index (χ4n) is 5.27. The van der Waals surface area contributed by atoms with E-state index in [0.29, 0.717) is 0 Å². The molecule has 0 radical (unpaired) electrons. The first-order valence-electron chi connectivity index (χ1n) is 9.94. The first-order valence-corrected chi connectivity index (χ1v) is 9.94. The maximum atomic E-state index is 5.79. The molecule has 23 heavy (non-hydrogen) atoms. The van der Waals surface area contributed by atoms with E-state index in [9.17, 15) is 0 Å². The Morgan fingerprint density at radius 2 is 1.91 bits per heavy atom. The van der Waals surface area contributed by atoms with Crippen LogP contribution in [0.25, 0.3) is 0 Å². The molecule has 0 aromatic heterocycles. The van der Waals surface area contributed by atoms with Crippen molar-refractivity contribution >= 4 is 0 Å². The van der Waals surface area contributed by atoms with Gasteiger partial charge in [0.05, 0.1) is 0 Å². The van der Waals surface area contributed by atoms with Crippen LogP contribution in [-0.2, 0) is 0 Å². The van der Waals surface area contributed by atoms with Gasteiger partial charge in [0.15, 0.2) is 0 Å². The number of hydrogen-bond acceptors (Lipinski definition) is 1. The van der Waals surface area contributed by atoms with E-state index in [1.54, 1.807) is 5.57 Å². The van der Waals surface area contributed by atoms with E-state index in [1.165, 1.54) is 69.8 Å². The van der Waals surface area contributed by atoms with E-state index in [4.69, 9.17) is 5.73 Å². The maximum absolute atomic E-state index is 5.79. The molecular formula is C22H35N. The Bertz CT molecular complexity index is 476. The molecular weight excluding hydrogens is 278 g/mol. The Balaban J connectivity index is 1.76. The molecule has 0 amide bonds. The molecule has 0 aromatic carbocycles. The molecule has 0 aliphatic heterocycles. The van der Waals surface area contributed by atoms with E-state index in [2.05, 4.69) is 31.7 Å². The van der Waals surface area contributed by atoms with Crippen LogP contribution in [0.3, 0.4) is 0 Å². The molecule has 2 N–H and O–H groups in total. The zero-order chi connectivity index (χ0) is 16.3. The standard InChI is InChI=1S/C22H35N/c1-17(16-21-18(2)20(21)12-15-23)22(13-8-3-4-9-14-22)19-10-6-5-7-11-19/h6,10-11,18,20-21H,1,3-5,7-9,12-16,23H2,2H3. The van der Waals surface area contributed by atoms with Gasteiger partial charge in [0.25, 0.3) is 0 Å². The monoisotopic (exact) mass is 313 g/mol. The summed E-state index contributed by atoms with van der Waals surface area (Å²) < 4.78 is 0. The molecule has 0 saturated heterocycles. The molecule has 2 fully saturated rings. The number of nitrogens with two attached hydrogens (primary N) is 1. The van der Waals surface area contributed by atoms with Crippen molar-refractivity contribution in [2.24, 2.45) is 28.9 Å². The van der Waals surface area contributed by atoms with Gasteiger partial charge in [-0.15, -0.1) is 0 Å². The Morgan fingerprint density at radius 1 is 1.17 bits per heavy atom. The summed E-state index contributed by atoms with van der Waals surface area (Å²) in [6.45, 7) is 7.93. The molecule has 0 bridgehead atoms.